The second-order valence-corrected chi connectivity index (χ2v) is 7.61. The summed E-state index contributed by atoms with van der Waals surface area (Å²) in [6, 6.07) is 24.2. The van der Waals surface area contributed by atoms with Gasteiger partial charge in [-0.25, -0.2) is 4.98 Å². The van der Waals surface area contributed by atoms with E-state index in [1.54, 1.807) is 18.5 Å². The average molecular weight is 423 g/mol. The van der Waals surface area contributed by atoms with Crippen LogP contribution in [0.5, 0.6) is 0 Å². The number of hydrogen-bond donors (Lipinski definition) is 1. The highest BCUT2D eigenvalue weighted by atomic mass is 35.5. The highest BCUT2D eigenvalue weighted by molar-refractivity contribution is 6.35. The molecule has 0 aliphatic heterocycles. The lowest BCUT2D eigenvalue weighted by Gasteiger charge is -2.19. The number of aromatic nitrogens is 2. The minimum atomic E-state index is -0.236. The summed E-state index contributed by atoms with van der Waals surface area (Å²) < 4.78 is 6.27. The molecule has 0 spiro atoms. The first-order chi connectivity index (χ1) is 14.2. The third-order valence-corrected chi connectivity index (χ3v) is 5.32. The van der Waals surface area contributed by atoms with Gasteiger partial charge in [0.25, 0.3) is 0 Å². The molecule has 0 fully saturated rings. The molecule has 0 amide bonds. The number of rotatable bonds is 7. The summed E-state index contributed by atoms with van der Waals surface area (Å²) in [5, 5.41) is 1.19. The average Bonchev–Trinajstić information content (AvgIpc) is 3.26. The number of ether oxygens (including phenoxy) is 1. The number of aromatic amines is 1. The zero-order valence-electron chi connectivity index (χ0n) is 15.7. The monoisotopic (exact) mass is 422 g/mol. The number of benzene rings is 3. The molecule has 5 heteroatoms. The van der Waals surface area contributed by atoms with Gasteiger partial charge in [-0.3, -0.25) is 0 Å². The molecule has 1 heterocycles. The summed E-state index contributed by atoms with van der Waals surface area (Å²) in [5.41, 5.74) is 4.37. The summed E-state index contributed by atoms with van der Waals surface area (Å²) in [4.78, 5) is 7.46. The Morgan fingerprint density at radius 3 is 2.34 bits per heavy atom. The van der Waals surface area contributed by atoms with Crippen LogP contribution in [0.4, 0.5) is 0 Å². The number of nitrogens with one attached hydrogen (secondary N) is 1. The molecular weight excluding hydrogens is 403 g/mol. The van der Waals surface area contributed by atoms with Crippen molar-refractivity contribution in [1.82, 2.24) is 9.97 Å². The number of nitrogens with zero attached hydrogens (tertiary/aromatic N) is 1. The second kappa shape index (κ2) is 9.27. The summed E-state index contributed by atoms with van der Waals surface area (Å²) in [7, 11) is 0. The molecule has 4 aromatic rings. The van der Waals surface area contributed by atoms with Gasteiger partial charge in [-0.1, -0.05) is 83.9 Å². The van der Waals surface area contributed by atoms with Crippen molar-refractivity contribution in [3.8, 4) is 11.1 Å². The Hall–Kier alpha value is -2.59. The van der Waals surface area contributed by atoms with E-state index in [0.717, 1.165) is 17.0 Å². The van der Waals surface area contributed by atoms with Gasteiger partial charge >= 0.3 is 0 Å². The highest BCUT2D eigenvalue weighted by Gasteiger charge is 2.18. The van der Waals surface area contributed by atoms with Gasteiger partial charge in [-0.05, 0) is 34.4 Å². The molecule has 0 saturated heterocycles. The summed E-state index contributed by atoms with van der Waals surface area (Å²) in [5.74, 6) is 0.848. The maximum atomic E-state index is 6.44. The lowest BCUT2D eigenvalue weighted by atomic mass is 10.0. The standard InChI is InChI=1S/C24H20Cl2N2O/c25-20-10-11-21(22(26)14-20)23(15-24-27-12-13-28-24)29-16-17-6-8-19(9-7-17)18-4-2-1-3-5-18/h1-14,23H,15-16H2,(H,27,28). The van der Waals surface area contributed by atoms with Crippen LogP contribution in [0.3, 0.4) is 0 Å². The smallest absolute Gasteiger partial charge is 0.108 e. The van der Waals surface area contributed by atoms with Crippen molar-refractivity contribution in [1.29, 1.82) is 0 Å². The van der Waals surface area contributed by atoms with E-state index in [2.05, 4.69) is 46.4 Å². The fourth-order valence-electron chi connectivity index (χ4n) is 3.23. The van der Waals surface area contributed by atoms with Gasteiger partial charge in [0.1, 0.15) is 5.82 Å². The molecule has 1 aromatic heterocycles. The molecular formula is C24H20Cl2N2O. The van der Waals surface area contributed by atoms with Gasteiger partial charge in [0.15, 0.2) is 0 Å². The molecule has 1 N–H and O–H groups in total. The Morgan fingerprint density at radius 1 is 0.897 bits per heavy atom. The molecule has 0 aliphatic carbocycles. The third-order valence-electron chi connectivity index (χ3n) is 4.76. The van der Waals surface area contributed by atoms with E-state index in [9.17, 15) is 0 Å². The first-order valence-electron chi connectivity index (χ1n) is 9.38. The van der Waals surface area contributed by atoms with Crippen LogP contribution in [0.15, 0.2) is 85.2 Å². The molecule has 29 heavy (non-hydrogen) atoms. The van der Waals surface area contributed by atoms with Crippen LogP contribution in [0.25, 0.3) is 11.1 Å². The van der Waals surface area contributed by atoms with Crippen molar-refractivity contribution >= 4 is 23.2 Å². The lowest BCUT2D eigenvalue weighted by Crippen LogP contribution is -2.10. The lowest BCUT2D eigenvalue weighted by molar-refractivity contribution is 0.0388. The maximum absolute atomic E-state index is 6.44. The fraction of sp³-hybridized carbons (Fsp3) is 0.125. The molecule has 0 aliphatic rings. The van der Waals surface area contributed by atoms with E-state index >= 15 is 0 Å². The van der Waals surface area contributed by atoms with Crippen LogP contribution in [0, 0.1) is 0 Å². The molecule has 4 rings (SSSR count). The summed E-state index contributed by atoms with van der Waals surface area (Å²) in [6.45, 7) is 0.472. The third kappa shape index (κ3) is 5.07. The zero-order chi connectivity index (χ0) is 20.1. The van der Waals surface area contributed by atoms with Crippen LogP contribution in [0.1, 0.15) is 23.1 Å². The van der Waals surface area contributed by atoms with E-state index < -0.39 is 0 Å². The quantitative estimate of drug-likeness (QED) is 0.352. The predicted octanol–water partition coefficient (Wildman–Crippen LogP) is 6.88. The van der Waals surface area contributed by atoms with E-state index in [-0.39, 0.29) is 6.10 Å². The van der Waals surface area contributed by atoms with Crippen LogP contribution >= 0.6 is 23.2 Å². The zero-order valence-corrected chi connectivity index (χ0v) is 17.2. The van der Waals surface area contributed by atoms with E-state index in [4.69, 9.17) is 27.9 Å². The van der Waals surface area contributed by atoms with Crippen molar-refractivity contribution in [2.45, 2.75) is 19.1 Å². The van der Waals surface area contributed by atoms with E-state index in [1.165, 1.54) is 11.1 Å². The summed E-state index contributed by atoms with van der Waals surface area (Å²) >= 11 is 12.5. The predicted molar refractivity (Wildman–Crippen MR) is 118 cm³/mol. The van der Waals surface area contributed by atoms with Crippen molar-refractivity contribution in [2.75, 3.05) is 0 Å². The minimum Gasteiger partial charge on any atom is -0.368 e. The van der Waals surface area contributed by atoms with Gasteiger partial charge in [-0.15, -0.1) is 0 Å². The molecule has 0 radical (unpaired) electrons. The number of hydrogen-bond acceptors (Lipinski definition) is 2. The normalized spacial score (nSPS) is 12.1. The van der Waals surface area contributed by atoms with E-state index in [1.807, 2.05) is 30.3 Å². The van der Waals surface area contributed by atoms with Crippen LogP contribution < -0.4 is 0 Å². The van der Waals surface area contributed by atoms with Gasteiger partial charge < -0.3 is 9.72 Å². The Bertz CT molecular complexity index is 1050. The van der Waals surface area contributed by atoms with Gasteiger partial charge in [0, 0.05) is 28.9 Å². The largest absolute Gasteiger partial charge is 0.368 e. The van der Waals surface area contributed by atoms with Crippen LogP contribution in [-0.2, 0) is 17.8 Å². The molecule has 3 nitrogen and oxygen atoms in total. The number of H-pyrrole nitrogens is 1. The van der Waals surface area contributed by atoms with Crippen molar-refractivity contribution < 1.29 is 4.74 Å². The first kappa shape index (κ1) is 19.7. The topological polar surface area (TPSA) is 37.9 Å². The van der Waals surface area contributed by atoms with Crippen molar-refractivity contribution in [2.24, 2.45) is 0 Å². The molecule has 146 valence electrons. The molecule has 3 aromatic carbocycles. The van der Waals surface area contributed by atoms with Crippen LogP contribution in [0.2, 0.25) is 10.0 Å². The van der Waals surface area contributed by atoms with Gasteiger partial charge in [0.05, 0.1) is 12.7 Å². The minimum absolute atomic E-state index is 0.236. The van der Waals surface area contributed by atoms with Gasteiger partial charge in [0.2, 0.25) is 0 Å². The highest BCUT2D eigenvalue weighted by Crippen LogP contribution is 2.31. The van der Waals surface area contributed by atoms with Crippen molar-refractivity contribution in [3.05, 3.63) is 112 Å². The molecule has 0 saturated carbocycles. The molecule has 1 atom stereocenters. The SMILES string of the molecule is Clc1ccc(C(Cc2ncc[nH]2)OCc2ccc(-c3ccccc3)cc2)c(Cl)c1. The molecule has 1 unspecified atom stereocenters. The number of halogens is 2. The summed E-state index contributed by atoms with van der Waals surface area (Å²) in [6.07, 6.45) is 3.90. The fourth-order valence-corrected chi connectivity index (χ4v) is 3.76. The Balaban J connectivity index is 1.50. The number of imidazole rings is 1. The first-order valence-corrected chi connectivity index (χ1v) is 10.1. The maximum Gasteiger partial charge on any atom is 0.108 e. The second-order valence-electron chi connectivity index (χ2n) is 6.77. The Kier molecular flexibility index (Phi) is 6.30. The van der Waals surface area contributed by atoms with Crippen molar-refractivity contribution in [3.63, 3.8) is 0 Å². The Morgan fingerprint density at radius 2 is 1.66 bits per heavy atom. The van der Waals surface area contributed by atoms with E-state index in [0.29, 0.717) is 23.1 Å². The molecule has 0 bridgehead atoms. The van der Waals surface area contributed by atoms with Crippen LogP contribution in [-0.4, -0.2) is 9.97 Å². The van der Waals surface area contributed by atoms with Gasteiger partial charge in [-0.2, -0.15) is 0 Å². The Labute approximate surface area is 180 Å².